The predicted molar refractivity (Wildman–Crippen MR) is 59.9 cm³/mol. The molecule has 2 atom stereocenters. The van der Waals surface area contributed by atoms with Gasteiger partial charge in [-0.15, -0.1) is 0 Å². The number of rotatable bonds is 2. The summed E-state index contributed by atoms with van der Waals surface area (Å²) in [6.07, 6.45) is 9.39. The van der Waals surface area contributed by atoms with Gasteiger partial charge < -0.3 is 5.73 Å². The Labute approximate surface area is 84.9 Å². The van der Waals surface area contributed by atoms with E-state index in [0.717, 1.165) is 6.42 Å². The average molecular weight is 185 g/mol. The molecule has 0 spiro atoms. The Kier molecular flexibility index (Phi) is 2.80. The van der Waals surface area contributed by atoms with Gasteiger partial charge in [0.2, 0.25) is 0 Å². The molecule has 1 aliphatic carbocycles. The minimum absolute atomic E-state index is 0.167. The molecule has 14 heavy (non-hydrogen) atoms. The molecule has 0 saturated heterocycles. The van der Waals surface area contributed by atoms with Gasteiger partial charge in [0.05, 0.1) is 0 Å². The van der Waals surface area contributed by atoms with Crippen LogP contribution in [0.3, 0.4) is 0 Å². The van der Waals surface area contributed by atoms with E-state index in [-0.39, 0.29) is 6.04 Å². The SMILES string of the molecule is NC1C=CC=CC1Cc1ccccc1. The summed E-state index contributed by atoms with van der Waals surface area (Å²) in [5.41, 5.74) is 7.34. The summed E-state index contributed by atoms with van der Waals surface area (Å²) < 4.78 is 0. The van der Waals surface area contributed by atoms with Crippen molar-refractivity contribution in [2.75, 3.05) is 0 Å². The number of hydrogen-bond acceptors (Lipinski definition) is 1. The highest BCUT2D eigenvalue weighted by atomic mass is 14.6. The largest absolute Gasteiger partial charge is 0.324 e. The molecule has 2 unspecified atom stereocenters. The van der Waals surface area contributed by atoms with Crippen LogP contribution in [0.5, 0.6) is 0 Å². The summed E-state index contributed by atoms with van der Waals surface area (Å²) in [7, 11) is 0. The van der Waals surface area contributed by atoms with Crippen molar-refractivity contribution in [2.24, 2.45) is 11.7 Å². The van der Waals surface area contributed by atoms with Crippen LogP contribution in [0.1, 0.15) is 5.56 Å². The van der Waals surface area contributed by atoms with Gasteiger partial charge in [-0.05, 0) is 17.9 Å². The van der Waals surface area contributed by atoms with Crippen molar-refractivity contribution in [3.63, 3.8) is 0 Å². The average Bonchev–Trinajstić information content (AvgIpc) is 2.23. The van der Waals surface area contributed by atoms with Crippen LogP contribution in [0, 0.1) is 5.92 Å². The van der Waals surface area contributed by atoms with Gasteiger partial charge in [-0.25, -0.2) is 0 Å². The summed E-state index contributed by atoms with van der Waals surface area (Å²) >= 11 is 0. The molecule has 0 radical (unpaired) electrons. The zero-order valence-corrected chi connectivity index (χ0v) is 8.14. The topological polar surface area (TPSA) is 26.0 Å². The van der Waals surface area contributed by atoms with E-state index >= 15 is 0 Å². The first-order valence-corrected chi connectivity index (χ1v) is 5.01. The Morgan fingerprint density at radius 3 is 2.43 bits per heavy atom. The molecule has 0 amide bonds. The molecule has 72 valence electrons. The van der Waals surface area contributed by atoms with Crippen LogP contribution in [0.2, 0.25) is 0 Å². The van der Waals surface area contributed by atoms with Crippen molar-refractivity contribution in [1.29, 1.82) is 0 Å². The highest BCUT2D eigenvalue weighted by molar-refractivity contribution is 5.22. The molecule has 0 fully saturated rings. The summed E-state index contributed by atoms with van der Waals surface area (Å²) in [4.78, 5) is 0. The first-order valence-electron chi connectivity index (χ1n) is 5.01. The molecule has 0 aliphatic heterocycles. The second kappa shape index (κ2) is 4.25. The molecule has 0 bridgehead atoms. The fourth-order valence-electron chi connectivity index (χ4n) is 1.76. The van der Waals surface area contributed by atoms with E-state index in [9.17, 15) is 0 Å². The number of allylic oxidation sites excluding steroid dienone is 2. The van der Waals surface area contributed by atoms with Gasteiger partial charge in [-0.3, -0.25) is 0 Å². The minimum atomic E-state index is 0.167. The van der Waals surface area contributed by atoms with Crippen LogP contribution in [0.15, 0.2) is 54.6 Å². The second-order valence-electron chi connectivity index (χ2n) is 3.70. The van der Waals surface area contributed by atoms with E-state index in [4.69, 9.17) is 5.73 Å². The van der Waals surface area contributed by atoms with Gasteiger partial charge in [-0.1, -0.05) is 54.6 Å². The van der Waals surface area contributed by atoms with Crippen LogP contribution in [0.25, 0.3) is 0 Å². The zero-order chi connectivity index (χ0) is 9.80. The lowest BCUT2D eigenvalue weighted by Crippen LogP contribution is -2.29. The zero-order valence-electron chi connectivity index (χ0n) is 8.14. The van der Waals surface area contributed by atoms with Gasteiger partial charge >= 0.3 is 0 Å². The van der Waals surface area contributed by atoms with Crippen LogP contribution in [-0.4, -0.2) is 6.04 Å². The smallest absolute Gasteiger partial charge is 0.0293 e. The van der Waals surface area contributed by atoms with Crippen molar-refractivity contribution < 1.29 is 0 Å². The first kappa shape index (κ1) is 9.22. The van der Waals surface area contributed by atoms with Crippen molar-refractivity contribution in [2.45, 2.75) is 12.5 Å². The number of nitrogens with two attached hydrogens (primary N) is 1. The van der Waals surface area contributed by atoms with E-state index in [1.54, 1.807) is 0 Å². The highest BCUT2D eigenvalue weighted by Crippen LogP contribution is 2.16. The van der Waals surface area contributed by atoms with Gasteiger partial charge in [0, 0.05) is 6.04 Å². The maximum Gasteiger partial charge on any atom is 0.0293 e. The minimum Gasteiger partial charge on any atom is -0.324 e. The fourth-order valence-corrected chi connectivity index (χ4v) is 1.76. The predicted octanol–water partition coefficient (Wildman–Crippen LogP) is 2.30. The molecule has 1 aromatic rings. The van der Waals surface area contributed by atoms with E-state index < -0.39 is 0 Å². The summed E-state index contributed by atoms with van der Waals surface area (Å²) in [6.45, 7) is 0. The van der Waals surface area contributed by atoms with Gasteiger partial charge in [-0.2, -0.15) is 0 Å². The van der Waals surface area contributed by atoms with Crippen molar-refractivity contribution in [3.8, 4) is 0 Å². The second-order valence-corrected chi connectivity index (χ2v) is 3.70. The van der Waals surface area contributed by atoms with Gasteiger partial charge in [0.15, 0.2) is 0 Å². The first-order chi connectivity index (χ1) is 6.86. The van der Waals surface area contributed by atoms with Crippen LogP contribution >= 0.6 is 0 Å². The van der Waals surface area contributed by atoms with Crippen LogP contribution < -0.4 is 5.73 Å². The lowest BCUT2D eigenvalue weighted by atomic mass is 9.90. The Bertz CT molecular complexity index is 338. The molecule has 1 aliphatic rings. The van der Waals surface area contributed by atoms with Gasteiger partial charge in [0.1, 0.15) is 0 Å². The Hall–Kier alpha value is -1.34. The molecule has 2 rings (SSSR count). The monoisotopic (exact) mass is 185 g/mol. The molecule has 1 heteroatoms. The summed E-state index contributed by atoms with van der Waals surface area (Å²) in [5.74, 6) is 0.447. The Morgan fingerprint density at radius 2 is 1.71 bits per heavy atom. The van der Waals surface area contributed by atoms with Crippen LogP contribution in [-0.2, 0) is 6.42 Å². The summed E-state index contributed by atoms with van der Waals surface area (Å²) in [5, 5.41) is 0. The lowest BCUT2D eigenvalue weighted by molar-refractivity contribution is 0.567. The van der Waals surface area contributed by atoms with Gasteiger partial charge in [0.25, 0.3) is 0 Å². The fraction of sp³-hybridized carbons (Fsp3) is 0.231. The number of hydrogen-bond donors (Lipinski definition) is 1. The quantitative estimate of drug-likeness (QED) is 0.751. The third-order valence-electron chi connectivity index (χ3n) is 2.61. The van der Waals surface area contributed by atoms with E-state index in [1.165, 1.54) is 5.56 Å². The molecule has 0 saturated carbocycles. The van der Waals surface area contributed by atoms with E-state index in [1.807, 2.05) is 12.1 Å². The van der Waals surface area contributed by atoms with Crippen molar-refractivity contribution in [1.82, 2.24) is 0 Å². The van der Waals surface area contributed by atoms with Crippen LogP contribution in [0.4, 0.5) is 0 Å². The van der Waals surface area contributed by atoms with Crippen molar-refractivity contribution in [3.05, 3.63) is 60.2 Å². The molecule has 0 heterocycles. The third-order valence-corrected chi connectivity index (χ3v) is 2.61. The maximum atomic E-state index is 5.99. The third kappa shape index (κ3) is 2.12. The molecule has 2 N–H and O–H groups in total. The van der Waals surface area contributed by atoms with E-state index in [0.29, 0.717) is 5.92 Å². The molecular formula is C13H15N. The summed E-state index contributed by atoms with van der Waals surface area (Å²) in [6, 6.07) is 10.7. The maximum absolute atomic E-state index is 5.99. The Balaban J connectivity index is 2.05. The Morgan fingerprint density at radius 1 is 1.00 bits per heavy atom. The highest BCUT2D eigenvalue weighted by Gasteiger charge is 2.14. The molecule has 1 nitrogen and oxygen atoms in total. The lowest BCUT2D eigenvalue weighted by Gasteiger charge is -2.20. The molecule has 0 aromatic heterocycles. The number of benzene rings is 1. The van der Waals surface area contributed by atoms with Crippen molar-refractivity contribution >= 4 is 0 Å². The van der Waals surface area contributed by atoms with E-state index in [2.05, 4.69) is 42.5 Å². The molecule has 1 aromatic carbocycles. The molecular weight excluding hydrogens is 170 g/mol. The normalized spacial score (nSPS) is 25.2. The standard InChI is InChI=1S/C13H15N/c14-13-9-5-4-8-12(13)10-11-6-2-1-3-7-11/h1-9,12-13H,10,14H2.